The predicted octanol–water partition coefficient (Wildman–Crippen LogP) is 3.88. The molecule has 0 fully saturated rings. The average molecular weight is 317 g/mol. The quantitative estimate of drug-likeness (QED) is 0.501. The number of benzene rings is 2. The Morgan fingerprint density at radius 1 is 0.955 bits per heavy atom. The summed E-state index contributed by atoms with van der Waals surface area (Å²) in [6.07, 6.45) is 0. The minimum Gasteiger partial charge on any atom is -0.215 e. The molecule has 0 radical (unpaired) electrons. The van der Waals surface area contributed by atoms with Crippen molar-refractivity contribution in [3.63, 3.8) is 0 Å². The van der Waals surface area contributed by atoms with E-state index < -0.39 is 5.82 Å². The van der Waals surface area contributed by atoms with Gasteiger partial charge in [-0.3, -0.25) is 0 Å². The maximum atomic E-state index is 13.8. The van der Waals surface area contributed by atoms with E-state index in [0.717, 1.165) is 0 Å². The molecule has 0 spiro atoms. The Morgan fingerprint density at radius 3 is 2.50 bits per heavy atom. The van der Waals surface area contributed by atoms with Crippen molar-refractivity contribution >= 4 is 28.2 Å². The minimum atomic E-state index is -0.478. The second-order valence-electron chi connectivity index (χ2n) is 4.69. The zero-order valence-electron chi connectivity index (χ0n) is 11.0. The molecule has 0 atom stereocenters. The maximum absolute atomic E-state index is 13.8. The van der Waals surface area contributed by atoms with Crippen LogP contribution in [0.1, 0.15) is 0 Å². The van der Waals surface area contributed by atoms with Gasteiger partial charge < -0.3 is 0 Å². The summed E-state index contributed by atoms with van der Waals surface area (Å²) in [6, 6.07) is 10.3. The highest BCUT2D eigenvalue weighted by molar-refractivity contribution is 6.29. The van der Waals surface area contributed by atoms with E-state index in [2.05, 4.69) is 15.1 Å². The van der Waals surface area contributed by atoms with E-state index in [1.165, 1.54) is 22.7 Å². The summed E-state index contributed by atoms with van der Waals surface area (Å²) >= 11 is 6.06. The predicted molar refractivity (Wildman–Crippen MR) is 78.6 cm³/mol. The van der Waals surface area contributed by atoms with Crippen LogP contribution in [0.15, 0.2) is 42.5 Å². The van der Waals surface area contributed by atoms with Gasteiger partial charge in [-0.2, -0.15) is 4.52 Å². The minimum absolute atomic E-state index is 0.00783. The van der Waals surface area contributed by atoms with Crippen LogP contribution in [0, 0.1) is 11.6 Å². The summed E-state index contributed by atoms with van der Waals surface area (Å²) < 4.78 is 28.2. The third kappa shape index (κ3) is 1.92. The van der Waals surface area contributed by atoms with Crippen LogP contribution in [0.5, 0.6) is 0 Å². The van der Waals surface area contributed by atoms with Gasteiger partial charge in [0.2, 0.25) is 5.28 Å². The molecule has 108 valence electrons. The lowest BCUT2D eigenvalue weighted by Crippen LogP contribution is -1.96. The molecular formula is C15H7ClF2N4. The largest absolute Gasteiger partial charge is 0.226 e. The van der Waals surface area contributed by atoms with Crippen LogP contribution < -0.4 is 0 Å². The van der Waals surface area contributed by atoms with Crippen LogP contribution in [-0.4, -0.2) is 19.6 Å². The SMILES string of the molecule is Fc1ccc(-c2nc3c4cccc(F)c4nc(Cl)n3n2)cc1. The molecule has 4 nitrogen and oxygen atoms in total. The zero-order valence-corrected chi connectivity index (χ0v) is 11.7. The lowest BCUT2D eigenvalue weighted by atomic mass is 10.2. The number of para-hydroxylation sites is 1. The first kappa shape index (κ1) is 13.1. The highest BCUT2D eigenvalue weighted by Crippen LogP contribution is 2.25. The second kappa shape index (κ2) is 4.71. The summed E-state index contributed by atoms with van der Waals surface area (Å²) in [5.41, 5.74) is 1.16. The summed E-state index contributed by atoms with van der Waals surface area (Å²) in [4.78, 5) is 8.40. The molecule has 22 heavy (non-hydrogen) atoms. The van der Waals surface area contributed by atoms with Gasteiger partial charge in [0.05, 0.1) is 0 Å². The molecule has 0 aliphatic carbocycles. The van der Waals surface area contributed by atoms with E-state index in [9.17, 15) is 8.78 Å². The van der Waals surface area contributed by atoms with Gasteiger partial charge >= 0.3 is 0 Å². The molecule has 2 heterocycles. The Kier molecular flexibility index (Phi) is 2.80. The molecule has 0 aliphatic rings. The first-order valence-electron chi connectivity index (χ1n) is 6.40. The lowest BCUT2D eigenvalue weighted by Gasteiger charge is -2.01. The van der Waals surface area contributed by atoms with E-state index in [1.807, 2.05) is 0 Å². The molecule has 0 aliphatic heterocycles. The number of hydrogen-bond acceptors (Lipinski definition) is 3. The first-order chi connectivity index (χ1) is 10.6. The fourth-order valence-electron chi connectivity index (χ4n) is 2.29. The van der Waals surface area contributed by atoms with Crippen molar-refractivity contribution in [1.29, 1.82) is 0 Å². The molecule has 0 unspecified atom stereocenters. The number of fused-ring (bicyclic) bond motifs is 3. The van der Waals surface area contributed by atoms with E-state index in [4.69, 9.17) is 11.6 Å². The maximum Gasteiger partial charge on any atom is 0.226 e. The number of hydrogen-bond donors (Lipinski definition) is 0. The lowest BCUT2D eigenvalue weighted by molar-refractivity contribution is 0.628. The monoisotopic (exact) mass is 316 g/mol. The van der Waals surface area contributed by atoms with E-state index in [0.29, 0.717) is 22.4 Å². The Bertz CT molecular complexity index is 1010. The molecule has 7 heteroatoms. The number of rotatable bonds is 1. The molecule has 0 N–H and O–H groups in total. The number of nitrogens with zero attached hydrogens (tertiary/aromatic N) is 4. The van der Waals surface area contributed by atoms with Gasteiger partial charge in [0.15, 0.2) is 11.5 Å². The Labute approximate surface area is 128 Å². The van der Waals surface area contributed by atoms with Crippen LogP contribution in [-0.2, 0) is 0 Å². The van der Waals surface area contributed by atoms with E-state index >= 15 is 0 Å². The van der Waals surface area contributed by atoms with E-state index in [1.54, 1.807) is 24.3 Å². The van der Waals surface area contributed by atoms with Gasteiger partial charge in [0.1, 0.15) is 17.2 Å². The molecule has 0 saturated heterocycles. The van der Waals surface area contributed by atoms with Crippen molar-refractivity contribution in [1.82, 2.24) is 19.6 Å². The molecule has 2 aromatic carbocycles. The van der Waals surface area contributed by atoms with Gasteiger partial charge in [-0.15, -0.1) is 5.10 Å². The third-order valence-corrected chi connectivity index (χ3v) is 3.56. The zero-order chi connectivity index (χ0) is 15.3. The Balaban J connectivity index is 2.04. The smallest absolute Gasteiger partial charge is 0.215 e. The normalized spacial score (nSPS) is 11.4. The summed E-state index contributed by atoms with van der Waals surface area (Å²) in [5.74, 6) is -0.464. The van der Waals surface area contributed by atoms with Crippen LogP contribution in [0.25, 0.3) is 27.9 Å². The molecule has 0 amide bonds. The van der Waals surface area contributed by atoms with Crippen LogP contribution in [0.3, 0.4) is 0 Å². The third-order valence-electron chi connectivity index (χ3n) is 3.32. The van der Waals surface area contributed by atoms with E-state index in [-0.39, 0.29) is 16.6 Å². The summed E-state index contributed by atoms with van der Waals surface area (Å²) in [5, 5.41) is 4.77. The molecule has 0 bridgehead atoms. The fraction of sp³-hybridized carbons (Fsp3) is 0. The highest BCUT2D eigenvalue weighted by Gasteiger charge is 2.15. The van der Waals surface area contributed by atoms with Gasteiger partial charge in [0, 0.05) is 10.9 Å². The summed E-state index contributed by atoms with van der Waals surface area (Å²) in [7, 11) is 0. The van der Waals surface area contributed by atoms with Crippen LogP contribution in [0.2, 0.25) is 5.28 Å². The van der Waals surface area contributed by atoms with Crippen molar-refractivity contribution in [2.75, 3.05) is 0 Å². The van der Waals surface area contributed by atoms with Crippen molar-refractivity contribution in [3.8, 4) is 11.4 Å². The number of aromatic nitrogens is 4. The van der Waals surface area contributed by atoms with Gasteiger partial charge in [0.25, 0.3) is 0 Å². The first-order valence-corrected chi connectivity index (χ1v) is 6.78. The van der Waals surface area contributed by atoms with Gasteiger partial charge in [-0.1, -0.05) is 6.07 Å². The molecule has 4 rings (SSSR count). The van der Waals surface area contributed by atoms with Crippen LogP contribution >= 0.6 is 11.6 Å². The Morgan fingerprint density at radius 2 is 1.73 bits per heavy atom. The van der Waals surface area contributed by atoms with Gasteiger partial charge in [-0.25, -0.2) is 18.7 Å². The molecule has 4 aromatic rings. The van der Waals surface area contributed by atoms with Crippen molar-refractivity contribution in [3.05, 3.63) is 59.4 Å². The van der Waals surface area contributed by atoms with Crippen LogP contribution in [0.4, 0.5) is 8.78 Å². The Hall–Kier alpha value is -2.60. The van der Waals surface area contributed by atoms with Crippen molar-refractivity contribution in [2.24, 2.45) is 0 Å². The molecular weight excluding hydrogens is 310 g/mol. The standard InChI is InChI=1S/C15H7ClF2N4/c16-15-19-12-10(2-1-3-11(12)18)14-20-13(21-22(14)15)8-4-6-9(17)7-5-8/h1-7H. The topological polar surface area (TPSA) is 43.1 Å². The van der Waals surface area contributed by atoms with Crippen molar-refractivity contribution in [2.45, 2.75) is 0 Å². The molecule has 2 aromatic heterocycles. The van der Waals surface area contributed by atoms with Crippen molar-refractivity contribution < 1.29 is 8.78 Å². The number of halogens is 3. The summed E-state index contributed by atoms with van der Waals surface area (Å²) in [6.45, 7) is 0. The average Bonchev–Trinajstić information content (AvgIpc) is 2.95. The molecule has 0 saturated carbocycles. The highest BCUT2D eigenvalue weighted by atomic mass is 35.5. The van der Waals surface area contributed by atoms with Gasteiger partial charge in [-0.05, 0) is 48.0 Å². The fourth-order valence-corrected chi connectivity index (χ4v) is 2.49. The second-order valence-corrected chi connectivity index (χ2v) is 5.03.